The van der Waals surface area contributed by atoms with Crippen molar-refractivity contribution < 1.29 is 4.79 Å². The zero-order valence-corrected chi connectivity index (χ0v) is 8.35. The lowest BCUT2D eigenvalue weighted by molar-refractivity contribution is -0.128. The quantitative estimate of drug-likeness (QED) is 0.620. The van der Waals surface area contributed by atoms with Crippen LogP contribution in [0.1, 0.15) is 32.1 Å². The Balaban J connectivity index is 2.34. The number of hydrogen-bond donors (Lipinski definition) is 1. The van der Waals surface area contributed by atoms with Gasteiger partial charge in [-0.25, -0.2) is 0 Å². The summed E-state index contributed by atoms with van der Waals surface area (Å²) in [6.45, 7) is 1.89. The second-order valence-electron chi connectivity index (χ2n) is 3.31. The van der Waals surface area contributed by atoms with E-state index in [9.17, 15) is 4.79 Å². The minimum Gasteiger partial charge on any atom is -0.342 e. The number of amides is 1. The van der Waals surface area contributed by atoms with Crippen LogP contribution in [0.25, 0.3) is 0 Å². The van der Waals surface area contributed by atoms with Gasteiger partial charge in [-0.3, -0.25) is 4.79 Å². The van der Waals surface area contributed by atoms with E-state index in [-0.39, 0.29) is 5.91 Å². The van der Waals surface area contributed by atoms with Crippen molar-refractivity contribution in [1.82, 2.24) is 4.90 Å². The molecule has 0 radical (unpaired) electrons. The van der Waals surface area contributed by atoms with Gasteiger partial charge >= 0.3 is 0 Å². The Morgan fingerprint density at radius 1 is 1.08 bits per heavy atom. The van der Waals surface area contributed by atoms with E-state index in [2.05, 4.69) is 12.6 Å². The van der Waals surface area contributed by atoms with Crippen LogP contribution in [0.3, 0.4) is 0 Å². The van der Waals surface area contributed by atoms with E-state index in [0.717, 1.165) is 13.1 Å². The molecule has 0 aliphatic carbocycles. The van der Waals surface area contributed by atoms with E-state index in [1.165, 1.54) is 32.1 Å². The first-order chi connectivity index (χ1) is 5.84. The summed E-state index contributed by atoms with van der Waals surface area (Å²) >= 11 is 4.00. The van der Waals surface area contributed by atoms with Crippen LogP contribution in [0.4, 0.5) is 0 Å². The maximum absolute atomic E-state index is 11.3. The molecule has 0 aromatic heterocycles. The predicted molar refractivity (Wildman–Crippen MR) is 53.5 cm³/mol. The molecule has 1 amide bonds. The normalized spacial score (nSPS) is 19.9. The molecule has 0 atom stereocenters. The first kappa shape index (κ1) is 9.90. The number of hydrogen-bond acceptors (Lipinski definition) is 2. The van der Waals surface area contributed by atoms with Crippen molar-refractivity contribution in [2.24, 2.45) is 0 Å². The topological polar surface area (TPSA) is 20.3 Å². The van der Waals surface area contributed by atoms with Crippen LogP contribution in [0.2, 0.25) is 0 Å². The molecule has 0 unspecified atom stereocenters. The first-order valence-electron chi connectivity index (χ1n) is 4.73. The van der Waals surface area contributed by atoms with E-state index >= 15 is 0 Å². The molecule has 1 saturated heterocycles. The van der Waals surface area contributed by atoms with E-state index in [0.29, 0.717) is 5.75 Å². The molecular weight excluding hydrogens is 170 g/mol. The third kappa shape index (κ3) is 3.05. The maximum Gasteiger partial charge on any atom is 0.232 e. The van der Waals surface area contributed by atoms with Crippen molar-refractivity contribution in [2.75, 3.05) is 18.8 Å². The summed E-state index contributed by atoms with van der Waals surface area (Å²) in [6, 6.07) is 0. The molecule has 0 saturated carbocycles. The number of carbonyl (C=O) groups is 1. The Bertz CT molecular complexity index is 141. The zero-order valence-electron chi connectivity index (χ0n) is 7.46. The van der Waals surface area contributed by atoms with Gasteiger partial charge in [0.15, 0.2) is 0 Å². The SMILES string of the molecule is O=C(CS)N1CCCCCCC1. The minimum absolute atomic E-state index is 0.195. The van der Waals surface area contributed by atoms with Crippen molar-refractivity contribution in [3.63, 3.8) is 0 Å². The summed E-state index contributed by atoms with van der Waals surface area (Å²) in [5, 5.41) is 0. The highest BCUT2D eigenvalue weighted by Crippen LogP contribution is 2.10. The molecule has 12 heavy (non-hydrogen) atoms. The van der Waals surface area contributed by atoms with Crippen LogP contribution in [0, 0.1) is 0 Å². The Morgan fingerprint density at radius 2 is 1.58 bits per heavy atom. The van der Waals surface area contributed by atoms with Gasteiger partial charge in [0.1, 0.15) is 0 Å². The van der Waals surface area contributed by atoms with Gasteiger partial charge in [0.05, 0.1) is 5.75 Å². The van der Waals surface area contributed by atoms with Gasteiger partial charge in [-0.05, 0) is 12.8 Å². The molecule has 0 spiro atoms. The summed E-state index contributed by atoms with van der Waals surface area (Å²) in [4.78, 5) is 13.2. The Hall–Kier alpha value is -0.180. The van der Waals surface area contributed by atoms with E-state index in [4.69, 9.17) is 0 Å². The van der Waals surface area contributed by atoms with Crippen LogP contribution in [0.15, 0.2) is 0 Å². The first-order valence-corrected chi connectivity index (χ1v) is 5.36. The summed E-state index contributed by atoms with van der Waals surface area (Å²) in [6.07, 6.45) is 6.22. The number of carbonyl (C=O) groups excluding carboxylic acids is 1. The van der Waals surface area contributed by atoms with Crippen molar-refractivity contribution >= 4 is 18.5 Å². The number of rotatable bonds is 1. The van der Waals surface area contributed by atoms with Crippen LogP contribution in [-0.2, 0) is 4.79 Å². The zero-order chi connectivity index (χ0) is 8.81. The standard InChI is InChI=1S/C9H17NOS/c11-9(8-12)10-6-4-2-1-3-5-7-10/h12H,1-8H2. The van der Waals surface area contributed by atoms with Gasteiger partial charge in [0.2, 0.25) is 5.91 Å². The van der Waals surface area contributed by atoms with Gasteiger partial charge in [0, 0.05) is 13.1 Å². The molecule has 2 nitrogen and oxygen atoms in total. The fourth-order valence-corrected chi connectivity index (χ4v) is 1.80. The molecule has 3 heteroatoms. The van der Waals surface area contributed by atoms with Gasteiger partial charge in [-0.15, -0.1) is 0 Å². The summed E-state index contributed by atoms with van der Waals surface area (Å²) < 4.78 is 0. The molecular formula is C9H17NOS. The number of nitrogens with zero attached hydrogens (tertiary/aromatic N) is 1. The molecule has 1 aliphatic heterocycles. The third-order valence-corrected chi connectivity index (χ3v) is 2.61. The lowest BCUT2D eigenvalue weighted by Crippen LogP contribution is -2.34. The fraction of sp³-hybridized carbons (Fsp3) is 0.889. The highest BCUT2D eigenvalue weighted by atomic mass is 32.1. The fourth-order valence-electron chi connectivity index (χ4n) is 1.60. The highest BCUT2D eigenvalue weighted by Gasteiger charge is 2.12. The molecule has 1 rings (SSSR count). The number of thiol groups is 1. The van der Waals surface area contributed by atoms with Crippen LogP contribution in [0.5, 0.6) is 0 Å². The van der Waals surface area contributed by atoms with Gasteiger partial charge < -0.3 is 4.90 Å². The molecule has 70 valence electrons. The van der Waals surface area contributed by atoms with E-state index in [1.807, 2.05) is 4.90 Å². The van der Waals surface area contributed by atoms with E-state index in [1.54, 1.807) is 0 Å². The molecule has 0 bridgehead atoms. The smallest absolute Gasteiger partial charge is 0.232 e. The van der Waals surface area contributed by atoms with Crippen LogP contribution >= 0.6 is 12.6 Å². The van der Waals surface area contributed by atoms with Crippen molar-refractivity contribution in [2.45, 2.75) is 32.1 Å². The third-order valence-electron chi connectivity index (χ3n) is 2.34. The lowest BCUT2D eigenvalue weighted by Gasteiger charge is -2.23. The molecule has 1 heterocycles. The predicted octanol–water partition coefficient (Wildman–Crippen LogP) is 1.71. The second kappa shape index (κ2) is 5.46. The summed E-state index contributed by atoms with van der Waals surface area (Å²) in [5.41, 5.74) is 0. The Labute approximate surface area is 79.7 Å². The van der Waals surface area contributed by atoms with Gasteiger partial charge in [-0.1, -0.05) is 19.3 Å². The van der Waals surface area contributed by atoms with Gasteiger partial charge in [0.25, 0.3) is 0 Å². The van der Waals surface area contributed by atoms with Crippen molar-refractivity contribution in [3.05, 3.63) is 0 Å². The van der Waals surface area contributed by atoms with Crippen molar-refractivity contribution in [3.8, 4) is 0 Å². The molecule has 1 fully saturated rings. The summed E-state index contributed by atoms with van der Waals surface area (Å²) in [7, 11) is 0. The Morgan fingerprint density at radius 3 is 2.08 bits per heavy atom. The molecule has 0 aromatic carbocycles. The number of likely N-dealkylation sites (tertiary alicyclic amines) is 1. The monoisotopic (exact) mass is 187 g/mol. The van der Waals surface area contributed by atoms with Gasteiger partial charge in [-0.2, -0.15) is 12.6 Å². The highest BCUT2D eigenvalue weighted by molar-refractivity contribution is 7.81. The molecule has 0 aromatic rings. The Kier molecular flexibility index (Phi) is 4.51. The van der Waals surface area contributed by atoms with E-state index < -0.39 is 0 Å². The lowest BCUT2D eigenvalue weighted by atomic mass is 10.1. The minimum atomic E-state index is 0.195. The average molecular weight is 187 g/mol. The average Bonchev–Trinajstić information content (AvgIpc) is 2.02. The van der Waals surface area contributed by atoms with Crippen molar-refractivity contribution in [1.29, 1.82) is 0 Å². The molecule has 1 aliphatic rings. The molecule has 0 N–H and O–H groups in total. The van der Waals surface area contributed by atoms with Crippen LogP contribution in [-0.4, -0.2) is 29.6 Å². The second-order valence-corrected chi connectivity index (χ2v) is 3.62. The van der Waals surface area contributed by atoms with Crippen LogP contribution < -0.4 is 0 Å². The largest absolute Gasteiger partial charge is 0.342 e. The maximum atomic E-state index is 11.3. The summed E-state index contributed by atoms with van der Waals surface area (Å²) in [5.74, 6) is 0.556.